The van der Waals surface area contributed by atoms with Gasteiger partial charge in [-0.1, -0.05) is 20.8 Å². The van der Waals surface area contributed by atoms with E-state index >= 15 is 0 Å². The number of nitrogens with one attached hydrogen (secondary N) is 2. The summed E-state index contributed by atoms with van der Waals surface area (Å²) < 4.78 is 36.9. The van der Waals surface area contributed by atoms with Gasteiger partial charge in [0, 0.05) is 19.1 Å². The van der Waals surface area contributed by atoms with E-state index in [0.717, 1.165) is 0 Å². The largest absolute Gasteiger partial charge is 0.401 e. The Morgan fingerprint density at radius 3 is 2.50 bits per heavy atom. The Bertz CT molecular complexity index is 369. The molecule has 0 bridgehead atoms. The van der Waals surface area contributed by atoms with Gasteiger partial charge >= 0.3 is 12.2 Å². The molecule has 3 N–H and O–H groups in total. The first-order valence-electron chi connectivity index (χ1n) is 7.45. The first kappa shape index (κ1) is 19.0. The number of aliphatic hydroxyl groups excluding tert-OH is 1. The fraction of sp³-hybridized carbons (Fsp3) is 0.929. The number of nitrogens with zero attached hydrogens (tertiary/aromatic N) is 1. The van der Waals surface area contributed by atoms with Crippen molar-refractivity contribution in [3.63, 3.8) is 0 Å². The van der Waals surface area contributed by atoms with Crippen LogP contribution in [0.25, 0.3) is 0 Å². The zero-order chi connectivity index (χ0) is 17.0. The second-order valence-electron chi connectivity index (χ2n) is 7.10. The lowest BCUT2D eigenvalue weighted by Gasteiger charge is -2.26. The first-order valence-corrected chi connectivity index (χ1v) is 7.45. The summed E-state index contributed by atoms with van der Waals surface area (Å²) in [5, 5.41) is 14.6. The third-order valence-electron chi connectivity index (χ3n) is 3.42. The second-order valence-corrected chi connectivity index (χ2v) is 7.10. The van der Waals surface area contributed by atoms with Crippen LogP contribution < -0.4 is 10.6 Å². The fourth-order valence-corrected chi connectivity index (χ4v) is 2.66. The Hall–Kier alpha value is -1.02. The predicted octanol–water partition coefficient (Wildman–Crippen LogP) is 1.72. The van der Waals surface area contributed by atoms with Gasteiger partial charge in [0.25, 0.3) is 0 Å². The highest BCUT2D eigenvalue weighted by molar-refractivity contribution is 5.74. The average Bonchev–Trinajstić information content (AvgIpc) is 2.70. The summed E-state index contributed by atoms with van der Waals surface area (Å²) in [4.78, 5) is 13.2. The molecule has 1 aliphatic rings. The van der Waals surface area contributed by atoms with Crippen molar-refractivity contribution in [1.82, 2.24) is 15.5 Å². The molecule has 2 amide bonds. The minimum atomic E-state index is -4.22. The summed E-state index contributed by atoms with van der Waals surface area (Å²) in [5.41, 5.74) is -0.0441. The molecule has 1 fully saturated rings. The smallest absolute Gasteiger partial charge is 0.394 e. The van der Waals surface area contributed by atoms with Crippen LogP contribution in [0, 0.1) is 5.41 Å². The van der Waals surface area contributed by atoms with Crippen LogP contribution in [0.2, 0.25) is 0 Å². The molecule has 130 valence electrons. The zero-order valence-electron chi connectivity index (χ0n) is 13.3. The maximum atomic E-state index is 12.3. The summed E-state index contributed by atoms with van der Waals surface area (Å²) in [7, 11) is 0. The van der Waals surface area contributed by atoms with Crippen LogP contribution in [0.4, 0.5) is 18.0 Å². The van der Waals surface area contributed by atoms with Crippen LogP contribution in [0.1, 0.15) is 33.6 Å². The molecule has 1 heterocycles. The number of carbonyl (C=O) groups is 1. The van der Waals surface area contributed by atoms with Gasteiger partial charge in [0.15, 0.2) is 0 Å². The van der Waals surface area contributed by atoms with E-state index in [4.69, 9.17) is 0 Å². The summed E-state index contributed by atoms with van der Waals surface area (Å²) >= 11 is 0. The van der Waals surface area contributed by atoms with Crippen molar-refractivity contribution in [3.05, 3.63) is 0 Å². The van der Waals surface area contributed by atoms with Crippen molar-refractivity contribution in [1.29, 1.82) is 0 Å². The lowest BCUT2D eigenvalue weighted by molar-refractivity contribution is -0.143. The second kappa shape index (κ2) is 7.50. The Labute approximate surface area is 129 Å². The molecule has 1 rings (SSSR count). The number of hydrogen-bond acceptors (Lipinski definition) is 3. The van der Waals surface area contributed by atoms with Crippen LogP contribution in [-0.4, -0.2) is 60.5 Å². The van der Waals surface area contributed by atoms with Crippen molar-refractivity contribution >= 4 is 6.03 Å². The van der Waals surface area contributed by atoms with Crippen LogP contribution in [0.5, 0.6) is 0 Å². The Morgan fingerprint density at radius 1 is 1.36 bits per heavy atom. The normalized spacial score (nSPS) is 21.7. The predicted molar refractivity (Wildman–Crippen MR) is 77.5 cm³/mol. The van der Waals surface area contributed by atoms with E-state index in [9.17, 15) is 23.1 Å². The molecule has 0 aromatic rings. The minimum absolute atomic E-state index is 0.0441. The third-order valence-corrected chi connectivity index (χ3v) is 3.42. The molecule has 0 spiro atoms. The van der Waals surface area contributed by atoms with E-state index < -0.39 is 18.8 Å². The maximum Gasteiger partial charge on any atom is 0.401 e. The number of alkyl halides is 3. The summed E-state index contributed by atoms with van der Waals surface area (Å²) in [6.07, 6.45) is -3.11. The van der Waals surface area contributed by atoms with Gasteiger partial charge in [0.1, 0.15) is 0 Å². The zero-order valence-corrected chi connectivity index (χ0v) is 13.3. The first-order chi connectivity index (χ1) is 9.98. The Balaban J connectivity index is 2.36. The highest BCUT2D eigenvalue weighted by atomic mass is 19.4. The number of halogens is 3. The molecular formula is C14H26F3N3O2. The average molecular weight is 325 g/mol. The number of rotatable bonds is 5. The molecule has 8 heteroatoms. The topological polar surface area (TPSA) is 64.6 Å². The Morgan fingerprint density at radius 2 is 2.00 bits per heavy atom. The molecular weight excluding hydrogens is 299 g/mol. The number of urea groups is 1. The van der Waals surface area contributed by atoms with E-state index in [1.807, 2.05) is 20.8 Å². The fourth-order valence-electron chi connectivity index (χ4n) is 2.66. The molecule has 2 atom stereocenters. The monoisotopic (exact) mass is 325 g/mol. The van der Waals surface area contributed by atoms with Gasteiger partial charge in [-0.05, 0) is 18.3 Å². The van der Waals surface area contributed by atoms with Crippen molar-refractivity contribution in [3.8, 4) is 0 Å². The molecule has 0 aliphatic carbocycles. The van der Waals surface area contributed by atoms with Gasteiger partial charge in [-0.3, -0.25) is 4.90 Å². The van der Waals surface area contributed by atoms with Gasteiger partial charge < -0.3 is 15.7 Å². The summed E-state index contributed by atoms with van der Waals surface area (Å²) in [5.74, 6) is 0. The van der Waals surface area contributed by atoms with E-state index in [-0.39, 0.29) is 30.7 Å². The number of carbonyl (C=O) groups excluding carboxylic acids is 1. The molecule has 0 aromatic carbocycles. The molecule has 0 radical (unpaired) electrons. The number of aliphatic hydroxyl groups is 1. The highest BCUT2D eigenvalue weighted by Crippen LogP contribution is 2.21. The van der Waals surface area contributed by atoms with Crippen molar-refractivity contribution in [2.75, 3.05) is 26.2 Å². The van der Waals surface area contributed by atoms with Crippen molar-refractivity contribution in [2.24, 2.45) is 5.41 Å². The minimum Gasteiger partial charge on any atom is -0.394 e. The molecule has 2 unspecified atom stereocenters. The standard InChI is InChI=1S/C14H26F3N3O2/c1-13(2,3)6-11(8-21)19-12(22)18-10-4-5-20(7-10)9-14(15,16)17/h10-11,21H,4-9H2,1-3H3,(H2,18,19,22). The molecule has 5 nitrogen and oxygen atoms in total. The quantitative estimate of drug-likeness (QED) is 0.721. The van der Waals surface area contributed by atoms with Crippen LogP contribution in [0.15, 0.2) is 0 Å². The van der Waals surface area contributed by atoms with E-state index in [1.165, 1.54) is 4.90 Å². The number of amides is 2. The summed E-state index contributed by atoms with van der Waals surface area (Å²) in [6, 6.07) is -1.11. The molecule has 0 aromatic heterocycles. The SMILES string of the molecule is CC(C)(C)CC(CO)NC(=O)NC1CCN(CC(F)(F)F)C1. The lowest BCUT2D eigenvalue weighted by atomic mass is 9.88. The van der Waals surface area contributed by atoms with Gasteiger partial charge in [-0.15, -0.1) is 0 Å². The highest BCUT2D eigenvalue weighted by Gasteiger charge is 2.34. The van der Waals surface area contributed by atoms with E-state index in [1.54, 1.807) is 0 Å². The maximum absolute atomic E-state index is 12.3. The van der Waals surface area contributed by atoms with Crippen molar-refractivity contribution < 1.29 is 23.1 Å². The molecule has 22 heavy (non-hydrogen) atoms. The van der Waals surface area contributed by atoms with Gasteiger partial charge in [0.05, 0.1) is 19.2 Å². The Kier molecular flexibility index (Phi) is 6.49. The van der Waals surface area contributed by atoms with Crippen molar-refractivity contribution in [2.45, 2.75) is 51.9 Å². The van der Waals surface area contributed by atoms with Gasteiger partial charge in [-0.2, -0.15) is 13.2 Å². The lowest BCUT2D eigenvalue weighted by Crippen LogP contribution is -2.49. The molecule has 1 aliphatic heterocycles. The van der Waals surface area contributed by atoms with E-state index in [2.05, 4.69) is 10.6 Å². The van der Waals surface area contributed by atoms with Gasteiger partial charge in [-0.25, -0.2) is 4.79 Å². The molecule has 0 saturated carbocycles. The van der Waals surface area contributed by atoms with E-state index in [0.29, 0.717) is 19.4 Å². The van der Waals surface area contributed by atoms with Crippen LogP contribution in [-0.2, 0) is 0 Å². The number of hydrogen-bond donors (Lipinski definition) is 3. The van der Waals surface area contributed by atoms with Crippen LogP contribution in [0.3, 0.4) is 0 Å². The van der Waals surface area contributed by atoms with Gasteiger partial charge in [0.2, 0.25) is 0 Å². The van der Waals surface area contributed by atoms with Crippen LogP contribution >= 0.6 is 0 Å². The molecule has 1 saturated heterocycles. The summed E-state index contributed by atoms with van der Waals surface area (Å²) in [6.45, 7) is 5.39. The third kappa shape index (κ3) is 7.84. The number of likely N-dealkylation sites (tertiary alicyclic amines) is 1.